The number of carbonyl (C=O) groups excluding carboxylic acids is 1. The van der Waals surface area contributed by atoms with Gasteiger partial charge in [-0.15, -0.1) is 0 Å². The molecule has 1 unspecified atom stereocenters. The maximum absolute atomic E-state index is 14.3. The number of likely N-dealkylation sites (N-methyl/N-ethyl adjacent to an activating group) is 1. The molecule has 7 heteroatoms. The van der Waals surface area contributed by atoms with Gasteiger partial charge in [-0.25, -0.2) is 0 Å². The zero-order valence-electron chi connectivity index (χ0n) is 21.9. The number of likely N-dealkylation sites (tertiary alicyclic amines) is 1. The SMILES string of the molecule is CN1CCC(Cn2c3c(c4ccccc42)C(=O)C(N2CCN(C)CC2)C[C@H]3Oc2ccc(Cl)cc2)CC1. The number of piperazine rings is 1. The summed E-state index contributed by atoms with van der Waals surface area (Å²) < 4.78 is 9.16. The zero-order valence-corrected chi connectivity index (χ0v) is 22.7. The van der Waals surface area contributed by atoms with Gasteiger partial charge in [-0.2, -0.15) is 0 Å². The fourth-order valence-corrected chi connectivity index (χ4v) is 6.56. The summed E-state index contributed by atoms with van der Waals surface area (Å²) in [5, 5.41) is 1.76. The Morgan fingerprint density at radius 3 is 2.30 bits per heavy atom. The number of Topliss-reactive ketones (excluding diaryl/α,β-unsaturated/α-hetero) is 1. The van der Waals surface area contributed by atoms with Crippen LogP contribution in [-0.4, -0.2) is 84.5 Å². The van der Waals surface area contributed by atoms with Crippen molar-refractivity contribution in [1.29, 1.82) is 0 Å². The molecule has 6 nitrogen and oxygen atoms in total. The van der Waals surface area contributed by atoms with Crippen LogP contribution in [0.4, 0.5) is 0 Å². The number of aromatic nitrogens is 1. The molecule has 0 bridgehead atoms. The average Bonchev–Trinajstić information content (AvgIpc) is 3.24. The van der Waals surface area contributed by atoms with E-state index in [4.69, 9.17) is 16.3 Å². The van der Waals surface area contributed by atoms with Crippen LogP contribution in [0.5, 0.6) is 5.75 Å². The molecule has 0 radical (unpaired) electrons. The first-order chi connectivity index (χ1) is 18.0. The Balaban J connectivity index is 1.43. The molecular weight excluding hydrogens is 484 g/mol. The largest absolute Gasteiger partial charge is 0.484 e. The van der Waals surface area contributed by atoms with Gasteiger partial charge in [-0.1, -0.05) is 29.8 Å². The van der Waals surface area contributed by atoms with E-state index in [0.717, 1.165) is 73.7 Å². The summed E-state index contributed by atoms with van der Waals surface area (Å²) >= 11 is 6.17. The highest BCUT2D eigenvalue weighted by Crippen LogP contribution is 2.42. The van der Waals surface area contributed by atoms with Crippen LogP contribution in [0.3, 0.4) is 0 Å². The monoisotopic (exact) mass is 520 g/mol. The third kappa shape index (κ3) is 4.92. The van der Waals surface area contributed by atoms with Gasteiger partial charge in [0, 0.05) is 55.1 Å². The van der Waals surface area contributed by atoms with Crippen molar-refractivity contribution < 1.29 is 9.53 Å². The van der Waals surface area contributed by atoms with Crippen molar-refractivity contribution in [2.45, 2.75) is 38.0 Å². The van der Waals surface area contributed by atoms with Crippen molar-refractivity contribution in [2.24, 2.45) is 5.92 Å². The van der Waals surface area contributed by atoms with E-state index in [-0.39, 0.29) is 17.9 Å². The number of piperidine rings is 1. The summed E-state index contributed by atoms with van der Waals surface area (Å²) in [6.07, 6.45) is 2.83. The Morgan fingerprint density at radius 2 is 1.57 bits per heavy atom. The van der Waals surface area contributed by atoms with E-state index < -0.39 is 0 Å². The first-order valence-corrected chi connectivity index (χ1v) is 14.0. The Bertz CT molecular complexity index is 1260. The molecule has 6 rings (SSSR count). The van der Waals surface area contributed by atoms with Gasteiger partial charge in [0.1, 0.15) is 11.9 Å². The van der Waals surface area contributed by atoms with Gasteiger partial charge in [0.15, 0.2) is 5.78 Å². The lowest BCUT2D eigenvalue weighted by Crippen LogP contribution is -2.53. The summed E-state index contributed by atoms with van der Waals surface area (Å²) in [4.78, 5) is 21.4. The maximum Gasteiger partial charge on any atom is 0.182 e. The summed E-state index contributed by atoms with van der Waals surface area (Å²) in [6.45, 7) is 6.96. The van der Waals surface area contributed by atoms with Crippen molar-refractivity contribution >= 4 is 28.3 Å². The minimum Gasteiger partial charge on any atom is -0.484 e. The lowest BCUT2D eigenvalue weighted by Gasteiger charge is -2.41. The predicted molar refractivity (Wildman–Crippen MR) is 149 cm³/mol. The van der Waals surface area contributed by atoms with E-state index in [1.807, 2.05) is 24.3 Å². The van der Waals surface area contributed by atoms with Crippen LogP contribution in [0, 0.1) is 5.92 Å². The van der Waals surface area contributed by atoms with Crippen LogP contribution in [0.2, 0.25) is 5.02 Å². The molecule has 2 aromatic carbocycles. The van der Waals surface area contributed by atoms with Crippen LogP contribution < -0.4 is 4.74 Å². The highest BCUT2D eigenvalue weighted by atomic mass is 35.5. The quantitative estimate of drug-likeness (QED) is 0.475. The number of nitrogens with zero attached hydrogens (tertiary/aromatic N) is 4. The highest BCUT2D eigenvalue weighted by molar-refractivity contribution is 6.30. The van der Waals surface area contributed by atoms with Crippen molar-refractivity contribution in [2.75, 3.05) is 53.4 Å². The summed E-state index contributed by atoms with van der Waals surface area (Å²) in [5.41, 5.74) is 3.09. The second-order valence-electron chi connectivity index (χ2n) is 11.2. The number of ether oxygens (including phenoxy) is 1. The molecule has 0 amide bonds. The average molecular weight is 521 g/mol. The van der Waals surface area contributed by atoms with Gasteiger partial charge < -0.3 is 19.1 Å². The molecule has 2 aliphatic heterocycles. The molecular formula is C30H37ClN4O2. The molecule has 1 aromatic heterocycles. The smallest absolute Gasteiger partial charge is 0.182 e. The number of benzene rings is 2. The first-order valence-electron chi connectivity index (χ1n) is 13.7. The number of fused-ring (bicyclic) bond motifs is 3. The molecule has 196 valence electrons. The standard InChI is InChI=1S/C30H37ClN4O2/c1-32-13-11-21(12-14-32)20-35-25-6-4-3-5-24(25)28-29(35)27(37-23-9-7-22(31)8-10-23)19-26(30(28)36)34-17-15-33(2)16-18-34/h3-10,21,26-27H,11-20H2,1-2H3/t26?,27-/m1/s1. The summed E-state index contributed by atoms with van der Waals surface area (Å²) in [7, 11) is 4.36. The van der Waals surface area contributed by atoms with Crippen LogP contribution >= 0.6 is 11.6 Å². The van der Waals surface area contributed by atoms with Gasteiger partial charge in [0.2, 0.25) is 0 Å². The van der Waals surface area contributed by atoms with E-state index in [1.54, 1.807) is 0 Å². The molecule has 3 heterocycles. The second kappa shape index (κ2) is 10.4. The number of halogens is 1. The molecule has 0 N–H and O–H groups in total. The van der Waals surface area contributed by atoms with E-state index in [9.17, 15) is 4.79 Å². The molecule has 37 heavy (non-hydrogen) atoms. The maximum atomic E-state index is 14.3. The van der Waals surface area contributed by atoms with Gasteiger partial charge >= 0.3 is 0 Å². The minimum absolute atomic E-state index is 0.166. The molecule has 2 saturated heterocycles. The Morgan fingerprint density at radius 1 is 0.892 bits per heavy atom. The van der Waals surface area contributed by atoms with Crippen molar-refractivity contribution in [3.63, 3.8) is 0 Å². The second-order valence-corrected chi connectivity index (χ2v) is 11.6. The number of hydrogen-bond donors (Lipinski definition) is 0. The molecule has 3 aromatic rings. The van der Waals surface area contributed by atoms with E-state index in [1.165, 1.54) is 12.8 Å². The third-order valence-corrected chi connectivity index (χ3v) is 8.90. The van der Waals surface area contributed by atoms with Crippen molar-refractivity contribution in [1.82, 2.24) is 19.3 Å². The topological polar surface area (TPSA) is 41.0 Å². The van der Waals surface area contributed by atoms with Crippen LogP contribution in [0.25, 0.3) is 10.9 Å². The van der Waals surface area contributed by atoms with Crippen LogP contribution in [0.1, 0.15) is 41.4 Å². The van der Waals surface area contributed by atoms with Gasteiger partial charge in [-0.3, -0.25) is 9.69 Å². The zero-order chi connectivity index (χ0) is 25.5. The van der Waals surface area contributed by atoms with Gasteiger partial charge in [-0.05, 0) is 76.3 Å². The van der Waals surface area contributed by atoms with Gasteiger partial charge in [0.05, 0.1) is 17.3 Å². The van der Waals surface area contributed by atoms with E-state index in [0.29, 0.717) is 17.4 Å². The molecule has 1 aliphatic carbocycles. The molecule has 0 saturated carbocycles. The Hall–Kier alpha value is -2.38. The van der Waals surface area contributed by atoms with Gasteiger partial charge in [0.25, 0.3) is 0 Å². The number of para-hydroxylation sites is 1. The Kier molecular flexibility index (Phi) is 7.01. The van der Waals surface area contributed by atoms with Crippen LogP contribution in [0.15, 0.2) is 48.5 Å². The number of hydrogen-bond acceptors (Lipinski definition) is 5. The number of rotatable bonds is 5. The van der Waals surface area contributed by atoms with Crippen molar-refractivity contribution in [3.05, 3.63) is 64.8 Å². The fraction of sp³-hybridized carbons (Fsp3) is 0.500. The predicted octanol–water partition coefficient (Wildman–Crippen LogP) is 4.96. The van der Waals surface area contributed by atoms with Crippen LogP contribution in [-0.2, 0) is 6.54 Å². The molecule has 0 spiro atoms. The normalized spacial score (nSPS) is 24.5. The fourth-order valence-electron chi connectivity index (χ4n) is 6.43. The lowest BCUT2D eigenvalue weighted by atomic mass is 9.86. The first kappa shape index (κ1) is 24.9. The number of ketones is 1. The Labute approximate surface area is 224 Å². The molecule has 2 atom stereocenters. The van der Waals surface area contributed by atoms with E-state index in [2.05, 4.69) is 57.6 Å². The highest BCUT2D eigenvalue weighted by Gasteiger charge is 2.43. The van der Waals surface area contributed by atoms with E-state index >= 15 is 0 Å². The number of carbonyl (C=O) groups is 1. The molecule has 3 aliphatic rings. The summed E-state index contributed by atoms with van der Waals surface area (Å²) in [5.74, 6) is 1.65. The lowest BCUT2D eigenvalue weighted by molar-refractivity contribution is 0.0498. The molecule has 2 fully saturated rings. The van der Waals surface area contributed by atoms with Crippen molar-refractivity contribution in [3.8, 4) is 5.75 Å². The third-order valence-electron chi connectivity index (χ3n) is 8.65. The summed E-state index contributed by atoms with van der Waals surface area (Å²) in [6, 6.07) is 15.9. The minimum atomic E-state index is -0.197.